The van der Waals surface area contributed by atoms with E-state index in [1.807, 2.05) is 0 Å². The molecule has 1 nitrogen and oxygen atoms in total. The Morgan fingerprint density at radius 1 is 1.06 bits per heavy atom. The Morgan fingerprint density at radius 2 is 1.83 bits per heavy atom. The molecule has 1 aliphatic heterocycles. The van der Waals surface area contributed by atoms with Crippen molar-refractivity contribution in [3.63, 3.8) is 0 Å². The van der Waals surface area contributed by atoms with Gasteiger partial charge in [-0.2, -0.15) is 0 Å². The van der Waals surface area contributed by atoms with Crippen LogP contribution >= 0.6 is 0 Å². The van der Waals surface area contributed by atoms with E-state index in [0.29, 0.717) is 5.92 Å². The van der Waals surface area contributed by atoms with Gasteiger partial charge in [0.2, 0.25) is 0 Å². The second-order valence-corrected chi connectivity index (χ2v) is 5.34. The largest absolute Gasteiger partial charge is 0.253 e. The van der Waals surface area contributed by atoms with Gasteiger partial charge in [-0.05, 0) is 24.5 Å². The molecule has 0 N–H and O–H groups in total. The maximum atomic E-state index is 4.73. The lowest BCUT2D eigenvalue weighted by Crippen LogP contribution is -2.04. The summed E-state index contributed by atoms with van der Waals surface area (Å²) in [6.45, 7) is 4.57. The van der Waals surface area contributed by atoms with Crippen molar-refractivity contribution < 1.29 is 0 Å². The molecule has 1 aromatic carbocycles. The lowest BCUT2D eigenvalue weighted by Gasteiger charge is -2.12. The predicted octanol–water partition coefficient (Wildman–Crippen LogP) is 5.27. The number of para-hydroxylation sites is 1. The van der Waals surface area contributed by atoms with Crippen molar-refractivity contribution in [1.82, 2.24) is 5.32 Å². The molecule has 0 aliphatic carbocycles. The van der Waals surface area contributed by atoms with Gasteiger partial charge in [0.05, 0.1) is 5.69 Å². The van der Waals surface area contributed by atoms with E-state index < -0.39 is 0 Å². The molecule has 0 saturated carbocycles. The van der Waals surface area contributed by atoms with Crippen LogP contribution in [-0.4, -0.2) is 0 Å². The van der Waals surface area contributed by atoms with Crippen LogP contribution in [0.25, 0.3) is 6.08 Å². The Kier molecular flexibility index (Phi) is 4.86. The van der Waals surface area contributed by atoms with Crippen LogP contribution in [0.15, 0.2) is 30.0 Å². The first-order valence-corrected chi connectivity index (χ1v) is 7.33. The smallest absolute Gasteiger partial charge is 0.0706 e. The molecule has 1 heterocycles. The minimum atomic E-state index is 0.596. The predicted molar refractivity (Wildman–Crippen MR) is 78.8 cm³/mol. The van der Waals surface area contributed by atoms with Gasteiger partial charge >= 0.3 is 0 Å². The second-order valence-electron chi connectivity index (χ2n) is 5.34. The van der Waals surface area contributed by atoms with Crippen LogP contribution in [0.2, 0.25) is 0 Å². The molecule has 0 saturated heterocycles. The topological polar surface area (TPSA) is 14.1 Å². The normalized spacial score (nSPS) is 14.9. The molecule has 1 aromatic rings. The zero-order valence-corrected chi connectivity index (χ0v) is 11.7. The maximum Gasteiger partial charge on any atom is 0.0706 e. The number of fused-ring (bicyclic) bond motifs is 1. The van der Waals surface area contributed by atoms with Gasteiger partial charge in [0.15, 0.2) is 0 Å². The SMILES string of the molecule is CCCCCCCC(C)C1=Cc2ccccc2[N]1. The van der Waals surface area contributed by atoms with E-state index in [9.17, 15) is 0 Å². The molecule has 0 aromatic heterocycles. The van der Waals surface area contributed by atoms with Gasteiger partial charge in [-0.3, -0.25) is 5.32 Å². The van der Waals surface area contributed by atoms with E-state index in [1.54, 1.807) is 0 Å². The highest BCUT2D eigenvalue weighted by Gasteiger charge is 2.17. The third kappa shape index (κ3) is 3.38. The van der Waals surface area contributed by atoms with Gasteiger partial charge < -0.3 is 0 Å². The van der Waals surface area contributed by atoms with Crippen LogP contribution in [0.4, 0.5) is 5.69 Å². The summed E-state index contributed by atoms with van der Waals surface area (Å²) in [5, 5.41) is 4.73. The van der Waals surface area contributed by atoms with Crippen LogP contribution < -0.4 is 5.32 Å². The van der Waals surface area contributed by atoms with Gasteiger partial charge in [-0.1, -0.05) is 64.2 Å². The summed E-state index contributed by atoms with van der Waals surface area (Å²) in [5.41, 5.74) is 3.70. The summed E-state index contributed by atoms with van der Waals surface area (Å²) in [6.07, 6.45) is 10.3. The molecular weight excluding hydrogens is 218 g/mol. The molecular formula is C17H24N. The zero-order valence-electron chi connectivity index (χ0n) is 11.7. The van der Waals surface area contributed by atoms with Gasteiger partial charge in [0, 0.05) is 11.3 Å². The van der Waals surface area contributed by atoms with Crippen LogP contribution in [0.1, 0.15) is 57.9 Å². The fourth-order valence-corrected chi connectivity index (χ4v) is 2.50. The monoisotopic (exact) mass is 242 g/mol. The summed E-state index contributed by atoms with van der Waals surface area (Å²) in [7, 11) is 0. The molecule has 97 valence electrons. The first-order chi connectivity index (χ1) is 8.81. The van der Waals surface area contributed by atoms with Crippen LogP contribution in [0.5, 0.6) is 0 Å². The molecule has 0 spiro atoms. The molecule has 0 amide bonds. The van der Waals surface area contributed by atoms with Crippen LogP contribution in [0, 0.1) is 5.92 Å². The maximum absolute atomic E-state index is 4.73. The third-order valence-electron chi connectivity index (χ3n) is 3.74. The number of allylic oxidation sites excluding steroid dienone is 1. The second kappa shape index (κ2) is 6.63. The summed E-state index contributed by atoms with van der Waals surface area (Å²) >= 11 is 0. The van der Waals surface area contributed by atoms with E-state index in [4.69, 9.17) is 5.32 Å². The fraction of sp³-hybridized carbons (Fsp3) is 0.529. The van der Waals surface area contributed by atoms with Crippen molar-refractivity contribution >= 4 is 11.8 Å². The minimum Gasteiger partial charge on any atom is -0.253 e. The number of unbranched alkanes of at least 4 members (excludes halogenated alkanes) is 4. The number of hydrogen-bond donors (Lipinski definition) is 0. The molecule has 0 fully saturated rings. The van der Waals surface area contributed by atoms with E-state index in [-0.39, 0.29) is 0 Å². The van der Waals surface area contributed by atoms with E-state index in [1.165, 1.54) is 49.8 Å². The lowest BCUT2D eigenvalue weighted by atomic mass is 9.99. The highest BCUT2D eigenvalue weighted by Crippen LogP contribution is 2.32. The molecule has 1 aliphatic rings. The van der Waals surface area contributed by atoms with Gasteiger partial charge in [0.1, 0.15) is 0 Å². The van der Waals surface area contributed by atoms with E-state index in [2.05, 4.69) is 44.2 Å². The van der Waals surface area contributed by atoms with E-state index >= 15 is 0 Å². The first-order valence-electron chi connectivity index (χ1n) is 7.33. The summed E-state index contributed by atoms with van der Waals surface area (Å²) in [6, 6.07) is 8.41. The number of rotatable bonds is 7. The highest BCUT2D eigenvalue weighted by molar-refractivity contribution is 5.71. The molecule has 1 radical (unpaired) electrons. The summed E-state index contributed by atoms with van der Waals surface area (Å²) in [5.74, 6) is 0.596. The molecule has 1 heteroatoms. The van der Waals surface area contributed by atoms with Crippen molar-refractivity contribution in [2.45, 2.75) is 52.4 Å². The summed E-state index contributed by atoms with van der Waals surface area (Å²) < 4.78 is 0. The van der Waals surface area contributed by atoms with Crippen molar-refractivity contribution in [2.24, 2.45) is 5.92 Å². The van der Waals surface area contributed by atoms with Crippen molar-refractivity contribution in [3.8, 4) is 0 Å². The van der Waals surface area contributed by atoms with Gasteiger partial charge in [0.25, 0.3) is 0 Å². The standard InChI is InChI=1S/C17H24N/c1-3-4-5-6-7-10-14(2)17-13-15-11-8-9-12-16(15)18-17/h8-9,11-14H,3-7,10H2,1-2H3. The van der Waals surface area contributed by atoms with Crippen molar-refractivity contribution in [1.29, 1.82) is 0 Å². The molecule has 18 heavy (non-hydrogen) atoms. The number of nitrogens with zero attached hydrogens (tertiary/aromatic N) is 1. The molecule has 2 rings (SSSR count). The van der Waals surface area contributed by atoms with E-state index in [0.717, 1.165) is 5.69 Å². The lowest BCUT2D eigenvalue weighted by molar-refractivity contribution is 0.525. The van der Waals surface area contributed by atoms with Crippen molar-refractivity contribution in [2.75, 3.05) is 0 Å². The van der Waals surface area contributed by atoms with Crippen LogP contribution in [0.3, 0.4) is 0 Å². The Balaban J connectivity index is 1.76. The number of benzene rings is 1. The van der Waals surface area contributed by atoms with Crippen molar-refractivity contribution in [3.05, 3.63) is 35.5 Å². The zero-order chi connectivity index (χ0) is 12.8. The molecule has 0 bridgehead atoms. The summed E-state index contributed by atoms with van der Waals surface area (Å²) in [4.78, 5) is 0. The molecule has 1 atom stereocenters. The Hall–Kier alpha value is -1.24. The quantitative estimate of drug-likeness (QED) is 0.578. The Morgan fingerprint density at radius 3 is 2.61 bits per heavy atom. The van der Waals surface area contributed by atoms with Crippen LogP contribution in [-0.2, 0) is 0 Å². The third-order valence-corrected chi connectivity index (χ3v) is 3.74. The highest BCUT2D eigenvalue weighted by atomic mass is 14.9. The fourth-order valence-electron chi connectivity index (χ4n) is 2.50. The molecule has 1 unspecified atom stereocenters. The van der Waals surface area contributed by atoms with Gasteiger partial charge in [-0.25, -0.2) is 0 Å². The number of hydrogen-bond acceptors (Lipinski definition) is 0. The Bertz CT molecular complexity index is 406. The first kappa shape index (κ1) is 13.2. The van der Waals surface area contributed by atoms with Gasteiger partial charge in [-0.15, -0.1) is 0 Å². The minimum absolute atomic E-state index is 0.596. The average Bonchev–Trinajstić information content (AvgIpc) is 2.82. The Labute approximate surface area is 111 Å². The average molecular weight is 242 g/mol.